The van der Waals surface area contributed by atoms with E-state index in [4.69, 9.17) is 23.0 Å². The van der Waals surface area contributed by atoms with Gasteiger partial charge in [0.25, 0.3) is 0 Å². The van der Waals surface area contributed by atoms with Crippen molar-refractivity contribution in [3.63, 3.8) is 0 Å². The molecule has 0 saturated carbocycles. The van der Waals surface area contributed by atoms with Gasteiger partial charge in [0.1, 0.15) is 0 Å². The zero-order chi connectivity index (χ0) is 37.7. The Morgan fingerprint density at radius 2 is 1.18 bits per heavy atom. The van der Waals surface area contributed by atoms with E-state index in [1.165, 1.54) is 0 Å². The number of likely N-dealkylation sites (tertiary alicyclic amines) is 2. The van der Waals surface area contributed by atoms with Crippen LogP contribution in [0.5, 0.6) is 0 Å². The molecule has 2 amide bonds. The summed E-state index contributed by atoms with van der Waals surface area (Å²) in [6, 6.07) is 29.1. The molecule has 1 unspecified atom stereocenters. The monoisotopic (exact) mass is 795 g/mol. The van der Waals surface area contributed by atoms with Gasteiger partial charge in [-0.05, 0) is 48.6 Å². The predicted molar refractivity (Wildman–Crippen MR) is 210 cm³/mol. The number of carboxylic acids is 1. The van der Waals surface area contributed by atoms with Crippen LogP contribution in [0.25, 0.3) is 0 Å². The minimum absolute atomic E-state index is 0. The third-order valence-electron chi connectivity index (χ3n) is 10.5. The first-order valence-electron chi connectivity index (χ1n) is 18.0. The summed E-state index contributed by atoms with van der Waals surface area (Å²) in [6.07, 6.45) is 15.6. The second-order valence-electron chi connectivity index (χ2n) is 13.7. The van der Waals surface area contributed by atoms with Crippen molar-refractivity contribution in [3.8, 4) is 12.3 Å². The van der Waals surface area contributed by atoms with Gasteiger partial charge in [-0.1, -0.05) is 121 Å². The SMILES string of the molecule is C#CC(OC(=O)[C@H]1CC=C[C@H]2CCN(Cc3ccccc3)C(=O)[C@@H]12)c1ccccc1.O=C(O)[C@H]1CC=C[C@H]2CCN(Cc3ccccc3)C(=O)[C@@H]12.[C-]#N.[CH3-].[Cu+2].[Li]. The molecule has 0 spiro atoms. The van der Waals surface area contributed by atoms with Crippen LogP contribution in [0.3, 0.4) is 0 Å². The summed E-state index contributed by atoms with van der Waals surface area (Å²) in [5, 5.41) is 15.6. The van der Waals surface area contributed by atoms with E-state index in [1.807, 2.05) is 119 Å². The number of carbonyl (C=O) groups is 4. The van der Waals surface area contributed by atoms with Crippen LogP contribution in [0.4, 0.5) is 0 Å². The Labute approximate surface area is 353 Å². The van der Waals surface area contributed by atoms with E-state index in [9.17, 15) is 24.3 Å². The van der Waals surface area contributed by atoms with Crippen LogP contribution >= 0.6 is 0 Å². The zero-order valence-corrected chi connectivity index (χ0v) is 32.8. The van der Waals surface area contributed by atoms with E-state index < -0.39 is 41.7 Å². The number of allylic oxidation sites excluding steroid dienone is 4. The smallest absolute Gasteiger partial charge is 0.512 e. The number of ether oxygens (including phenoxy) is 1. The third kappa shape index (κ3) is 11.6. The Kier molecular flexibility index (Phi) is 19.7. The number of esters is 1. The van der Waals surface area contributed by atoms with Gasteiger partial charge >= 0.3 is 29.0 Å². The maximum Gasteiger partial charge on any atom is 2.00 e. The van der Waals surface area contributed by atoms with Crippen molar-refractivity contribution in [1.82, 2.24) is 9.80 Å². The second kappa shape index (κ2) is 23.3. The molecule has 2 heterocycles. The minimum atomic E-state index is -0.857. The Balaban J connectivity index is 0.000000370. The Bertz CT molecular complexity index is 1850. The maximum atomic E-state index is 13.3. The molecule has 0 bridgehead atoms. The van der Waals surface area contributed by atoms with Gasteiger partial charge in [0.2, 0.25) is 11.8 Å². The topological polar surface area (TPSA) is 128 Å². The first-order valence-corrected chi connectivity index (χ1v) is 18.0. The van der Waals surface area contributed by atoms with E-state index in [1.54, 1.807) is 0 Å². The molecule has 0 aromatic heterocycles. The van der Waals surface area contributed by atoms with Gasteiger partial charge in [0, 0.05) is 50.6 Å². The molecular formula is C45H47CuLiN3O6. The standard InChI is InChI=1S/C26H25NO3.C17H19NO3.CN.CH3.Cu.Li/c1-2-23(20-12-7-4-8-13-20)30-26(29)22-15-9-14-21-16-17-27(25(28)24(21)22)18-19-10-5-3-6-11-19;19-16-15-13(7-4-8-14(15)17(20)21)9-10-18(16)11-12-5-2-1-3-6-12;1-2;;;/h1,3-14,21-24H,15-18H2;1-7,13-15H,8-11H2,(H,20,21);;1H3;;/q;;2*-1;+2;/t21-,22-,23?,24+;13-,14-,15+;;;;/m00..../s1. The quantitative estimate of drug-likeness (QED) is 0.0893. The number of hydrogen-bond donors (Lipinski definition) is 1. The van der Waals surface area contributed by atoms with E-state index in [2.05, 4.69) is 12.0 Å². The zero-order valence-electron chi connectivity index (χ0n) is 31.9. The molecular weight excluding hydrogens is 749 g/mol. The van der Waals surface area contributed by atoms with Crippen molar-refractivity contribution in [2.75, 3.05) is 13.1 Å². The van der Waals surface area contributed by atoms with Gasteiger partial charge in [-0.25, -0.2) is 0 Å². The molecule has 7 atom stereocenters. The molecule has 2 fully saturated rings. The number of terminal acetylenes is 1. The molecule has 11 heteroatoms. The molecule has 3 aromatic rings. The van der Waals surface area contributed by atoms with Crippen molar-refractivity contribution in [2.45, 2.75) is 44.9 Å². The van der Waals surface area contributed by atoms with Crippen LogP contribution in [0.1, 0.15) is 48.5 Å². The average Bonchev–Trinajstić information content (AvgIpc) is 3.20. The Morgan fingerprint density at radius 1 is 0.768 bits per heavy atom. The molecule has 56 heavy (non-hydrogen) atoms. The van der Waals surface area contributed by atoms with Crippen LogP contribution in [0, 0.1) is 67.1 Å². The third-order valence-corrected chi connectivity index (χ3v) is 10.5. The first kappa shape index (κ1) is 47.3. The average molecular weight is 796 g/mol. The molecule has 2 aliphatic carbocycles. The van der Waals surface area contributed by atoms with E-state index in [-0.39, 0.29) is 67.0 Å². The number of fused-ring (bicyclic) bond motifs is 2. The Morgan fingerprint density at radius 3 is 1.61 bits per heavy atom. The molecule has 4 aliphatic rings. The van der Waals surface area contributed by atoms with Crippen molar-refractivity contribution in [3.05, 3.63) is 146 Å². The summed E-state index contributed by atoms with van der Waals surface area (Å²) in [4.78, 5) is 54.2. The Hall–Kier alpha value is -4.81. The van der Waals surface area contributed by atoms with Gasteiger partial charge < -0.3 is 38.9 Å². The van der Waals surface area contributed by atoms with Crippen LogP contribution in [0.15, 0.2) is 115 Å². The first-order chi connectivity index (χ1) is 25.8. The van der Waals surface area contributed by atoms with Gasteiger partial charge in [-0.2, -0.15) is 0 Å². The van der Waals surface area contributed by atoms with Crippen molar-refractivity contribution in [1.29, 1.82) is 5.26 Å². The fourth-order valence-electron chi connectivity index (χ4n) is 7.89. The van der Waals surface area contributed by atoms with E-state index >= 15 is 0 Å². The number of hydrogen-bond acceptors (Lipinski definition) is 6. The number of nitrogens with zero attached hydrogens (tertiary/aromatic N) is 3. The normalized spacial score (nSPS) is 23.4. The minimum Gasteiger partial charge on any atom is -0.512 e. The van der Waals surface area contributed by atoms with Gasteiger partial charge in [0.05, 0.1) is 23.7 Å². The fraction of sp³-hybridized carbons (Fsp3) is 0.333. The summed E-state index contributed by atoms with van der Waals surface area (Å²) in [7, 11) is 0. The second-order valence-corrected chi connectivity index (χ2v) is 13.7. The maximum absolute atomic E-state index is 13.3. The number of carbonyl (C=O) groups excluding carboxylic acids is 3. The molecule has 2 aliphatic heterocycles. The summed E-state index contributed by atoms with van der Waals surface area (Å²) in [5.41, 5.74) is 2.94. The van der Waals surface area contributed by atoms with Crippen LogP contribution in [0.2, 0.25) is 0 Å². The molecule has 7 rings (SSSR count). The van der Waals surface area contributed by atoms with Gasteiger partial charge in [0.15, 0.2) is 6.10 Å². The molecule has 1 N–H and O–H groups in total. The van der Waals surface area contributed by atoms with Crippen LogP contribution in [-0.2, 0) is 54.1 Å². The van der Waals surface area contributed by atoms with Crippen molar-refractivity contribution < 1.29 is 46.1 Å². The molecule has 2 radical (unpaired) electrons. The van der Waals surface area contributed by atoms with Gasteiger partial charge in [-0.15, -0.1) is 6.42 Å². The number of amides is 2. The number of rotatable bonds is 8. The van der Waals surface area contributed by atoms with Gasteiger partial charge in [-0.3, -0.25) is 19.2 Å². The van der Waals surface area contributed by atoms with Crippen molar-refractivity contribution >= 4 is 42.6 Å². The summed E-state index contributed by atoms with van der Waals surface area (Å²) in [5.74, 6) is -0.404. The number of piperidine rings is 2. The van der Waals surface area contributed by atoms with Crippen molar-refractivity contribution in [2.24, 2.45) is 35.5 Å². The number of carboxylic acid groups (broad SMARTS) is 1. The molecule has 290 valence electrons. The molecule has 3 aromatic carbocycles. The van der Waals surface area contributed by atoms with E-state index in [0.717, 1.165) is 29.5 Å². The predicted octanol–water partition coefficient (Wildman–Crippen LogP) is 6.62. The van der Waals surface area contributed by atoms with Crippen LogP contribution < -0.4 is 0 Å². The van der Waals surface area contributed by atoms with Crippen LogP contribution in [-0.4, -0.2) is 70.6 Å². The fourth-order valence-corrected chi connectivity index (χ4v) is 7.89. The number of aliphatic carboxylic acids is 1. The summed E-state index contributed by atoms with van der Waals surface area (Å²) < 4.78 is 5.70. The largest absolute Gasteiger partial charge is 2.00 e. The summed E-state index contributed by atoms with van der Waals surface area (Å²) in [6.45, 7) is 7.27. The summed E-state index contributed by atoms with van der Waals surface area (Å²) >= 11 is 0. The number of benzene rings is 3. The molecule has 9 nitrogen and oxygen atoms in total. The van der Waals surface area contributed by atoms with E-state index in [0.29, 0.717) is 39.0 Å². The molecule has 2 saturated heterocycles.